The van der Waals surface area contributed by atoms with E-state index in [2.05, 4.69) is 10.3 Å². The Kier molecular flexibility index (Phi) is 5.98. The zero-order chi connectivity index (χ0) is 20.1. The predicted molar refractivity (Wildman–Crippen MR) is 103 cm³/mol. The fraction of sp³-hybridized carbons (Fsp3) is 0.350. The van der Waals surface area contributed by atoms with Crippen LogP contribution in [0.15, 0.2) is 30.5 Å². The van der Waals surface area contributed by atoms with Crippen molar-refractivity contribution in [2.24, 2.45) is 0 Å². The molecule has 1 aromatic carbocycles. The van der Waals surface area contributed by atoms with Crippen LogP contribution in [0.3, 0.4) is 0 Å². The molecule has 1 aliphatic rings. The molecule has 1 aliphatic heterocycles. The first kappa shape index (κ1) is 19.5. The minimum absolute atomic E-state index is 0.0751. The number of anilines is 1. The second-order valence-electron chi connectivity index (χ2n) is 6.27. The topological polar surface area (TPSA) is 90.0 Å². The molecular formula is C20H23N3O5. The van der Waals surface area contributed by atoms with E-state index < -0.39 is 0 Å². The van der Waals surface area contributed by atoms with Crippen molar-refractivity contribution in [3.8, 4) is 17.2 Å². The summed E-state index contributed by atoms with van der Waals surface area (Å²) in [6, 6.07) is 6.81. The number of carbonyl (C=O) groups excluding carboxylic acids is 2. The first-order valence-electron chi connectivity index (χ1n) is 8.91. The Labute approximate surface area is 163 Å². The number of amides is 2. The molecule has 3 rings (SSSR count). The molecule has 1 saturated heterocycles. The number of nitrogens with one attached hydrogen (secondary N) is 1. The molecule has 28 heavy (non-hydrogen) atoms. The molecular weight excluding hydrogens is 362 g/mol. The molecule has 0 bridgehead atoms. The van der Waals surface area contributed by atoms with Crippen molar-refractivity contribution in [3.05, 3.63) is 41.6 Å². The van der Waals surface area contributed by atoms with Gasteiger partial charge in [-0.3, -0.25) is 14.5 Å². The Morgan fingerprint density at radius 3 is 2.43 bits per heavy atom. The molecule has 0 atom stereocenters. The second-order valence-corrected chi connectivity index (χ2v) is 6.27. The van der Waals surface area contributed by atoms with E-state index >= 15 is 0 Å². The van der Waals surface area contributed by atoms with Crippen LogP contribution >= 0.6 is 0 Å². The summed E-state index contributed by atoms with van der Waals surface area (Å²) >= 11 is 0. The van der Waals surface area contributed by atoms with Crippen LogP contribution in [0.2, 0.25) is 0 Å². The van der Waals surface area contributed by atoms with Crippen LogP contribution in [-0.4, -0.2) is 44.7 Å². The van der Waals surface area contributed by atoms with E-state index in [0.717, 1.165) is 12.0 Å². The monoisotopic (exact) mass is 385 g/mol. The number of hydrogen-bond acceptors (Lipinski definition) is 6. The van der Waals surface area contributed by atoms with Crippen molar-refractivity contribution in [1.82, 2.24) is 10.3 Å². The molecule has 0 saturated carbocycles. The molecule has 0 unspecified atom stereocenters. The van der Waals surface area contributed by atoms with Gasteiger partial charge in [0.25, 0.3) is 5.91 Å². The fourth-order valence-corrected chi connectivity index (χ4v) is 3.11. The molecule has 8 heteroatoms. The van der Waals surface area contributed by atoms with Crippen LogP contribution in [0.5, 0.6) is 17.2 Å². The average Bonchev–Trinajstić information content (AvgIpc) is 3.16. The van der Waals surface area contributed by atoms with Gasteiger partial charge in [-0.1, -0.05) is 0 Å². The SMILES string of the molecule is COc1cc(C(=O)NCc2ccnc(N3CCCC3=O)c2)cc(OC)c1OC. The summed E-state index contributed by atoms with van der Waals surface area (Å²) < 4.78 is 15.8. The Balaban J connectivity index is 1.73. The highest BCUT2D eigenvalue weighted by Crippen LogP contribution is 2.38. The number of hydrogen-bond donors (Lipinski definition) is 1. The first-order valence-corrected chi connectivity index (χ1v) is 8.91. The van der Waals surface area contributed by atoms with Crippen LogP contribution in [0.1, 0.15) is 28.8 Å². The van der Waals surface area contributed by atoms with E-state index in [0.29, 0.717) is 48.1 Å². The number of ether oxygens (including phenoxy) is 3. The van der Waals surface area contributed by atoms with Crippen molar-refractivity contribution < 1.29 is 23.8 Å². The lowest BCUT2D eigenvalue weighted by molar-refractivity contribution is -0.117. The molecule has 2 amide bonds. The van der Waals surface area contributed by atoms with Gasteiger partial charge in [0.1, 0.15) is 5.82 Å². The van der Waals surface area contributed by atoms with E-state index in [1.165, 1.54) is 21.3 Å². The zero-order valence-electron chi connectivity index (χ0n) is 16.2. The van der Waals surface area contributed by atoms with Crippen LogP contribution in [-0.2, 0) is 11.3 Å². The van der Waals surface area contributed by atoms with Gasteiger partial charge in [-0.15, -0.1) is 0 Å². The average molecular weight is 385 g/mol. The summed E-state index contributed by atoms with van der Waals surface area (Å²) in [7, 11) is 4.50. The predicted octanol–water partition coefficient (Wildman–Crippen LogP) is 2.16. The maximum atomic E-state index is 12.6. The number of pyridine rings is 1. The quantitative estimate of drug-likeness (QED) is 0.786. The Bertz CT molecular complexity index is 859. The molecule has 8 nitrogen and oxygen atoms in total. The van der Waals surface area contributed by atoms with Crippen LogP contribution in [0.4, 0.5) is 5.82 Å². The molecule has 0 aliphatic carbocycles. The van der Waals surface area contributed by atoms with Gasteiger partial charge in [-0.25, -0.2) is 4.98 Å². The van der Waals surface area contributed by atoms with E-state index in [1.54, 1.807) is 29.3 Å². The largest absolute Gasteiger partial charge is 0.493 e. The minimum atomic E-state index is -0.283. The lowest BCUT2D eigenvalue weighted by Gasteiger charge is -2.16. The summed E-state index contributed by atoms with van der Waals surface area (Å²) in [4.78, 5) is 30.4. The number of methoxy groups -OCH3 is 3. The van der Waals surface area contributed by atoms with Gasteiger partial charge in [0.2, 0.25) is 11.7 Å². The summed E-state index contributed by atoms with van der Waals surface area (Å²) in [5, 5.41) is 2.86. The minimum Gasteiger partial charge on any atom is -0.493 e. The van der Waals surface area contributed by atoms with Gasteiger partial charge < -0.3 is 19.5 Å². The van der Waals surface area contributed by atoms with Gasteiger partial charge in [0.05, 0.1) is 21.3 Å². The first-order chi connectivity index (χ1) is 13.6. The standard InChI is InChI=1S/C20H23N3O5/c1-26-15-10-14(11-16(27-2)19(15)28-3)20(25)22-12-13-6-7-21-17(9-13)23-8-4-5-18(23)24/h6-7,9-11H,4-5,8,12H2,1-3H3,(H,22,25). The van der Waals surface area contributed by atoms with Crippen molar-refractivity contribution in [2.75, 3.05) is 32.8 Å². The van der Waals surface area contributed by atoms with Crippen molar-refractivity contribution in [3.63, 3.8) is 0 Å². The zero-order valence-corrected chi connectivity index (χ0v) is 16.2. The fourth-order valence-electron chi connectivity index (χ4n) is 3.11. The van der Waals surface area contributed by atoms with Crippen LogP contribution in [0.25, 0.3) is 0 Å². The van der Waals surface area contributed by atoms with Crippen LogP contribution < -0.4 is 24.4 Å². The molecule has 1 N–H and O–H groups in total. The highest BCUT2D eigenvalue weighted by Gasteiger charge is 2.23. The third-order valence-electron chi connectivity index (χ3n) is 4.54. The number of aromatic nitrogens is 1. The number of rotatable bonds is 7. The Hall–Kier alpha value is -3.29. The van der Waals surface area contributed by atoms with E-state index in [1.807, 2.05) is 6.07 Å². The lowest BCUT2D eigenvalue weighted by atomic mass is 10.1. The van der Waals surface area contributed by atoms with E-state index in [4.69, 9.17) is 14.2 Å². The molecule has 2 aromatic rings. The molecule has 0 spiro atoms. The van der Waals surface area contributed by atoms with Gasteiger partial charge in [-0.2, -0.15) is 0 Å². The number of carbonyl (C=O) groups is 2. The third-order valence-corrected chi connectivity index (χ3v) is 4.54. The van der Waals surface area contributed by atoms with Gasteiger partial charge in [0, 0.05) is 31.3 Å². The number of nitrogens with zero attached hydrogens (tertiary/aromatic N) is 2. The van der Waals surface area contributed by atoms with Gasteiger partial charge in [-0.05, 0) is 36.2 Å². The molecule has 2 heterocycles. The summed E-state index contributed by atoms with van der Waals surface area (Å²) in [5.41, 5.74) is 1.24. The smallest absolute Gasteiger partial charge is 0.251 e. The third kappa shape index (κ3) is 4.00. The normalized spacial score (nSPS) is 13.4. The van der Waals surface area contributed by atoms with Gasteiger partial charge in [0.15, 0.2) is 11.5 Å². The molecule has 1 fully saturated rings. The maximum absolute atomic E-state index is 12.6. The van der Waals surface area contributed by atoms with E-state index in [-0.39, 0.29) is 11.8 Å². The van der Waals surface area contributed by atoms with Crippen molar-refractivity contribution >= 4 is 17.6 Å². The molecule has 0 radical (unpaired) electrons. The lowest BCUT2D eigenvalue weighted by Crippen LogP contribution is -2.26. The maximum Gasteiger partial charge on any atom is 0.251 e. The van der Waals surface area contributed by atoms with E-state index in [9.17, 15) is 9.59 Å². The summed E-state index contributed by atoms with van der Waals surface area (Å²) in [5.74, 6) is 1.65. The summed E-state index contributed by atoms with van der Waals surface area (Å²) in [6.45, 7) is 0.972. The van der Waals surface area contributed by atoms with Crippen molar-refractivity contribution in [2.45, 2.75) is 19.4 Å². The summed E-state index contributed by atoms with van der Waals surface area (Å²) in [6.07, 6.45) is 3.02. The highest BCUT2D eigenvalue weighted by atomic mass is 16.5. The van der Waals surface area contributed by atoms with Gasteiger partial charge >= 0.3 is 0 Å². The Morgan fingerprint density at radius 2 is 1.86 bits per heavy atom. The Morgan fingerprint density at radius 1 is 1.14 bits per heavy atom. The van der Waals surface area contributed by atoms with Crippen LogP contribution in [0, 0.1) is 0 Å². The second kappa shape index (κ2) is 8.60. The number of benzene rings is 1. The van der Waals surface area contributed by atoms with Crippen molar-refractivity contribution in [1.29, 1.82) is 0 Å². The molecule has 148 valence electrons. The highest BCUT2D eigenvalue weighted by molar-refractivity contribution is 5.96. The molecule has 1 aromatic heterocycles.